The lowest BCUT2D eigenvalue weighted by Crippen LogP contribution is -2.41. The Bertz CT molecular complexity index is 758. The van der Waals surface area contributed by atoms with E-state index in [2.05, 4.69) is 10.3 Å². The summed E-state index contributed by atoms with van der Waals surface area (Å²) in [5, 5.41) is 2.92. The van der Waals surface area contributed by atoms with Crippen LogP contribution in [-0.2, 0) is 13.1 Å². The van der Waals surface area contributed by atoms with Crippen molar-refractivity contribution < 1.29 is 13.6 Å². The molecule has 0 unspecified atom stereocenters. The van der Waals surface area contributed by atoms with Gasteiger partial charge < -0.3 is 14.8 Å². The monoisotopic (exact) mass is 362 g/mol. The average Bonchev–Trinajstić information content (AvgIpc) is 3.34. The third kappa shape index (κ3) is 4.80. The van der Waals surface area contributed by atoms with E-state index < -0.39 is 11.6 Å². The zero-order chi connectivity index (χ0) is 18.5. The molecule has 140 valence electrons. The molecule has 2 amide bonds. The van der Waals surface area contributed by atoms with Crippen molar-refractivity contribution in [2.75, 3.05) is 13.1 Å². The van der Waals surface area contributed by atoms with Crippen LogP contribution in [0.3, 0.4) is 0 Å². The first kappa shape index (κ1) is 18.4. The standard InChI is InChI=1S/C19H24F2N4O/c1-2-7-23-19(26)25(11-14-3-4-14)13-18-22-8-9-24(18)12-15-5-6-16(20)17(21)10-15/h5-6,8-10,14H,2-4,7,11-13H2,1H3,(H,23,26). The Morgan fingerprint density at radius 3 is 2.85 bits per heavy atom. The van der Waals surface area contributed by atoms with E-state index in [1.165, 1.54) is 6.07 Å². The molecule has 1 heterocycles. The van der Waals surface area contributed by atoms with Crippen LogP contribution in [0, 0.1) is 17.6 Å². The molecule has 0 saturated heterocycles. The number of hydrogen-bond donors (Lipinski definition) is 1. The molecule has 0 atom stereocenters. The second kappa shape index (κ2) is 8.29. The number of hydrogen-bond acceptors (Lipinski definition) is 2. The molecule has 1 aliphatic carbocycles. The quantitative estimate of drug-likeness (QED) is 0.781. The predicted octanol–water partition coefficient (Wildman–Crippen LogP) is 3.54. The first-order valence-electron chi connectivity index (χ1n) is 9.03. The normalized spacial score (nSPS) is 13.7. The van der Waals surface area contributed by atoms with Gasteiger partial charge in [0, 0.05) is 32.0 Å². The molecule has 5 nitrogen and oxygen atoms in total. The first-order valence-corrected chi connectivity index (χ1v) is 9.03. The lowest BCUT2D eigenvalue weighted by atomic mass is 10.2. The lowest BCUT2D eigenvalue weighted by Gasteiger charge is -2.23. The molecule has 3 rings (SSSR count). The van der Waals surface area contributed by atoms with E-state index in [0.717, 1.165) is 31.2 Å². The summed E-state index contributed by atoms with van der Waals surface area (Å²) in [7, 11) is 0. The van der Waals surface area contributed by atoms with E-state index in [4.69, 9.17) is 0 Å². The van der Waals surface area contributed by atoms with Crippen LogP contribution in [0.5, 0.6) is 0 Å². The molecule has 0 bridgehead atoms. The maximum absolute atomic E-state index is 13.4. The number of carbonyl (C=O) groups excluding carboxylic acids is 1. The minimum atomic E-state index is -0.863. The summed E-state index contributed by atoms with van der Waals surface area (Å²) in [6.45, 7) is 4.14. The fourth-order valence-corrected chi connectivity index (χ4v) is 2.82. The number of carbonyl (C=O) groups is 1. The number of amides is 2. The van der Waals surface area contributed by atoms with Crippen LogP contribution < -0.4 is 5.32 Å². The van der Waals surface area contributed by atoms with E-state index in [1.807, 2.05) is 11.5 Å². The van der Waals surface area contributed by atoms with Crippen molar-refractivity contribution in [1.82, 2.24) is 19.8 Å². The molecule has 2 aromatic rings. The Balaban J connectivity index is 1.70. The number of aromatic nitrogens is 2. The molecule has 0 radical (unpaired) electrons. The third-order valence-corrected chi connectivity index (χ3v) is 4.46. The highest BCUT2D eigenvalue weighted by Gasteiger charge is 2.27. The van der Waals surface area contributed by atoms with Gasteiger partial charge in [-0.2, -0.15) is 0 Å². The molecule has 26 heavy (non-hydrogen) atoms. The van der Waals surface area contributed by atoms with Crippen LogP contribution in [0.2, 0.25) is 0 Å². The summed E-state index contributed by atoms with van der Waals surface area (Å²) in [6.07, 6.45) is 6.64. The van der Waals surface area contributed by atoms with Gasteiger partial charge in [0.2, 0.25) is 0 Å². The Morgan fingerprint density at radius 2 is 2.15 bits per heavy atom. The molecule has 1 saturated carbocycles. The Hall–Kier alpha value is -2.44. The molecule has 1 N–H and O–H groups in total. The van der Waals surface area contributed by atoms with Gasteiger partial charge in [0.15, 0.2) is 11.6 Å². The average molecular weight is 362 g/mol. The summed E-state index contributed by atoms with van der Waals surface area (Å²) in [6, 6.07) is 3.78. The summed E-state index contributed by atoms with van der Waals surface area (Å²) in [4.78, 5) is 18.6. The van der Waals surface area contributed by atoms with Crippen molar-refractivity contribution in [3.8, 4) is 0 Å². The van der Waals surface area contributed by atoms with Crippen LogP contribution in [0.15, 0.2) is 30.6 Å². The second-order valence-corrected chi connectivity index (χ2v) is 6.78. The van der Waals surface area contributed by atoms with Crippen LogP contribution in [0.1, 0.15) is 37.6 Å². The maximum Gasteiger partial charge on any atom is 0.317 e. The van der Waals surface area contributed by atoms with Crippen molar-refractivity contribution in [2.24, 2.45) is 5.92 Å². The summed E-state index contributed by atoms with van der Waals surface area (Å²) >= 11 is 0. The number of halogens is 2. The summed E-state index contributed by atoms with van der Waals surface area (Å²) in [5.74, 6) is -0.430. The van der Waals surface area contributed by atoms with Crippen LogP contribution in [0.4, 0.5) is 13.6 Å². The number of rotatable bonds is 8. The number of benzene rings is 1. The largest absolute Gasteiger partial charge is 0.338 e. The van der Waals surface area contributed by atoms with Crippen LogP contribution >= 0.6 is 0 Å². The Morgan fingerprint density at radius 1 is 1.35 bits per heavy atom. The van der Waals surface area contributed by atoms with Crippen molar-refractivity contribution >= 4 is 6.03 Å². The molecule has 1 aromatic carbocycles. The highest BCUT2D eigenvalue weighted by atomic mass is 19.2. The minimum Gasteiger partial charge on any atom is -0.338 e. The van der Waals surface area contributed by atoms with Gasteiger partial charge in [-0.25, -0.2) is 18.6 Å². The minimum absolute atomic E-state index is 0.0823. The van der Waals surface area contributed by atoms with Gasteiger partial charge in [0.1, 0.15) is 5.82 Å². The summed E-state index contributed by atoms with van der Waals surface area (Å²) < 4.78 is 28.4. The maximum atomic E-state index is 13.4. The van der Waals surface area contributed by atoms with Gasteiger partial charge in [-0.1, -0.05) is 13.0 Å². The molecule has 0 aliphatic heterocycles. The first-order chi connectivity index (χ1) is 12.6. The SMILES string of the molecule is CCCNC(=O)N(Cc1nccn1Cc1ccc(F)c(F)c1)CC1CC1. The number of nitrogens with one attached hydrogen (secondary N) is 1. The van der Waals surface area contributed by atoms with Crippen molar-refractivity contribution in [3.63, 3.8) is 0 Å². The van der Waals surface area contributed by atoms with Gasteiger partial charge in [0.25, 0.3) is 0 Å². The van der Waals surface area contributed by atoms with E-state index >= 15 is 0 Å². The lowest BCUT2D eigenvalue weighted by molar-refractivity contribution is 0.190. The summed E-state index contributed by atoms with van der Waals surface area (Å²) in [5.41, 5.74) is 0.646. The molecule has 1 aromatic heterocycles. The fraction of sp³-hybridized carbons (Fsp3) is 0.474. The number of imidazole rings is 1. The molecule has 1 fully saturated rings. The van der Waals surface area contributed by atoms with Gasteiger partial charge in [0.05, 0.1) is 6.54 Å². The van der Waals surface area contributed by atoms with Crippen LogP contribution in [-0.4, -0.2) is 33.6 Å². The van der Waals surface area contributed by atoms with Crippen molar-refractivity contribution in [2.45, 2.75) is 39.3 Å². The van der Waals surface area contributed by atoms with Gasteiger partial charge >= 0.3 is 6.03 Å². The van der Waals surface area contributed by atoms with Crippen molar-refractivity contribution in [3.05, 3.63) is 53.6 Å². The van der Waals surface area contributed by atoms with E-state index in [9.17, 15) is 13.6 Å². The molecular weight excluding hydrogens is 338 g/mol. The highest BCUT2D eigenvalue weighted by molar-refractivity contribution is 5.74. The van der Waals surface area contributed by atoms with Gasteiger partial charge in [-0.3, -0.25) is 0 Å². The smallest absolute Gasteiger partial charge is 0.317 e. The molecule has 1 aliphatic rings. The zero-order valence-corrected chi connectivity index (χ0v) is 14.9. The van der Waals surface area contributed by atoms with E-state index in [-0.39, 0.29) is 6.03 Å². The van der Waals surface area contributed by atoms with E-state index in [0.29, 0.717) is 37.7 Å². The number of nitrogens with zero attached hydrogens (tertiary/aromatic N) is 3. The topological polar surface area (TPSA) is 50.2 Å². The molecular formula is C19H24F2N4O. The third-order valence-electron chi connectivity index (χ3n) is 4.46. The Kier molecular flexibility index (Phi) is 5.85. The van der Waals surface area contributed by atoms with E-state index in [1.54, 1.807) is 23.4 Å². The Labute approximate surface area is 152 Å². The highest BCUT2D eigenvalue weighted by Crippen LogP contribution is 2.30. The molecule has 7 heteroatoms. The number of urea groups is 1. The predicted molar refractivity (Wildman–Crippen MR) is 94.5 cm³/mol. The van der Waals surface area contributed by atoms with Crippen LogP contribution in [0.25, 0.3) is 0 Å². The van der Waals surface area contributed by atoms with Gasteiger partial charge in [-0.15, -0.1) is 0 Å². The molecule has 0 spiro atoms. The van der Waals surface area contributed by atoms with Crippen molar-refractivity contribution in [1.29, 1.82) is 0 Å². The zero-order valence-electron chi connectivity index (χ0n) is 14.9. The second-order valence-electron chi connectivity index (χ2n) is 6.78. The fourth-order valence-electron chi connectivity index (χ4n) is 2.82. The van der Waals surface area contributed by atoms with Gasteiger partial charge in [-0.05, 0) is 42.9 Å².